The quantitative estimate of drug-likeness (QED) is 0.852. The van der Waals surface area contributed by atoms with Crippen molar-refractivity contribution in [3.05, 3.63) is 30.1 Å². The van der Waals surface area contributed by atoms with Crippen LogP contribution in [0.1, 0.15) is 44.8 Å². The van der Waals surface area contributed by atoms with Crippen molar-refractivity contribution in [2.24, 2.45) is 5.73 Å². The van der Waals surface area contributed by atoms with Crippen LogP contribution in [0.5, 0.6) is 0 Å². The molecule has 17 heavy (non-hydrogen) atoms. The Balaban J connectivity index is 2.29. The van der Waals surface area contributed by atoms with E-state index < -0.39 is 0 Å². The normalized spacial score (nSPS) is 27.1. The van der Waals surface area contributed by atoms with E-state index in [4.69, 9.17) is 5.73 Å². The Morgan fingerprint density at radius 2 is 2.18 bits per heavy atom. The van der Waals surface area contributed by atoms with Crippen molar-refractivity contribution in [2.75, 3.05) is 6.54 Å². The molecule has 1 aliphatic heterocycles. The van der Waals surface area contributed by atoms with Crippen LogP contribution in [0.15, 0.2) is 24.4 Å². The summed E-state index contributed by atoms with van der Waals surface area (Å²) in [5, 5.41) is 0. The molecule has 1 aliphatic rings. The molecule has 0 radical (unpaired) electrons. The van der Waals surface area contributed by atoms with E-state index in [1.54, 1.807) is 0 Å². The summed E-state index contributed by atoms with van der Waals surface area (Å²) in [5.74, 6) is 0. The third kappa shape index (κ3) is 2.85. The molecule has 1 saturated heterocycles. The zero-order valence-corrected chi connectivity index (χ0v) is 10.8. The average Bonchev–Trinajstić information content (AvgIpc) is 2.52. The summed E-state index contributed by atoms with van der Waals surface area (Å²) in [6.07, 6.45) is 5.44. The van der Waals surface area contributed by atoms with Gasteiger partial charge < -0.3 is 5.73 Å². The summed E-state index contributed by atoms with van der Waals surface area (Å²) >= 11 is 0. The first-order valence-corrected chi connectivity index (χ1v) is 6.62. The van der Waals surface area contributed by atoms with Crippen LogP contribution >= 0.6 is 0 Å². The van der Waals surface area contributed by atoms with E-state index >= 15 is 0 Å². The molecule has 3 heteroatoms. The zero-order chi connectivity index (χ0) is 12.3. The van der Waals surface area contributed by atoms with Crippen LogP contribution in [0.25, 0.3) is 0 Å². The van der Waals surface area contributed by atoms with E-state index in [2.05, 4.69) is 35.9 Å². The average molecular weight is 233 g/mol. The summed E-state index contributed by atoms with van der Waals surface area (Å²) in [6, 6.07) is 7.12. The second-order valence-corrected chi connectivity index (χ2v) is 5.19. The van der Waals surface area contributed by atoms with Gasteiger partial charge in [-0.25, -0.2) is 0 Å². The molecule has 0 spiro atoms. The predicted octanol–water partition coefficient (Wildman–Crippen LogP) is 2.34. The van der Waals surface area contributed by atoms with Gasteiger partial charge in [-0.15, -0.1) is 0 Å². The Kier molecular flexibility index (Phi) is 4.13. The standard InChI is InChI=1S/C14H23N3/c1-11(2)17-10-6-4-7-12(15)14(17)13-8-3-5-9-16-13/h3,5,8-9,11-12,14H,4,6-7,10,15H2,1-2H3. The van der Waals surface area contributed by atoms with Gasteiger partial charge in [-0.05, 0) is 45.4 Å². The minimum absolute atomic E-state index is 0.204. The van der Waals surface area contributed by atoms with Gasteiger partial charge in [0, 0.05) is 18.3 Å². The summed E-state index contributed by atoms with van der Waals surface area (Å²) in [4.78, 5) is 7.01. The van der Waals surface area contributed by atoms with Crippen LogP contribution in [0.2, 0.25) is 0 Å². The zero-order valence-electron chi connectivity index (χ0n) is 10.8. The molecule has 2 atom stereocenters. The topological polar surface area (TPSA) is 42.1 Å². The Labute approximate surface area is 104 Å². The highest BCUT2D eigenvalue weighted by Crippen LogP contribution is 2.29. The smallest absolute Gasteiger partial charge is 0.0675 e. The Bertz CT molecular complexity index is 337. The molecule has 0 saturated carbocycles. The highest BCUT2D eigenvalue weighted by Gasteiger charge is 2.30. The fraction of sp³-hybridized carbons (Fsp3) is 0.643. The number of hydrogen-bond acceptors (Lipinski definition) is 3. The SMILES string of the molecule is CC(C)N1CCCCC(N)C1c1ccccn1. The molecular formula is C14H23N3. The fourth-order valence-electron chi connectivity index (χ4n) is 2.74. The van der Waals surface area contributed by atoms with Crippen molar-refractivity contribution in [3.63, 3.8) is 0 Å². The van der Waals surface area contributed by atoms with E-state index in [9.17, 15) is 0 Å². The van der Waals surface area contributed by atoms with Crippen LogP contribution in [-0.4, -0.2) is 28.5 Å². The molecule has 2 N–H and O–H groups in total. The number of nitrogens with two attached hydrogens (primary N) is 1. The molecule has 3 nitrogen and oxygen atoms in total. The summed E-state index contributed by atoms with van der Waals surface area (Å²) in [7, 11) is 0. The molecule has 2 heterocycles. The maximum absolute atomic E-state index is 6.36. The minimum Gasteiger partial charge on any atom is -0.326 e. The molecule has 1 aromatic heterocycles. The number of rotatable bonds is 2. The number of likely N-dealkylation sites (tertiary alicyclic amines) is 1. The molecule has 0 aromatic carbocycles. The lowest BCUT2D eigenvalue weighted by atomic mass is 9.99. The Morgan fingerprint density at radius 1 is 1.35 bits per heavy atom. The maximum Gasteiger partial charge on any atom is 0.0675 e. The van der Waals surface area contributed by atoms with Gasteiger partial charge >= 0.3 is 0 Å². The lowest BCUT2D eigenvalue weighted by Crippen LogP contribution is -2.43. The van der Waals surface area contributed by atoms with Crippen molar-refractivity contribution in [3.8, 4) is 0 Å². The molecule has 0 aliphatic carbocycles. The van der Waals surface area contributed by atoms with Gasteiger partial charge in [-0.1, -0.05) is 12.5 Å². The molecule has 2 unspecified atom stereocenters. The minimum atomic E-state index is 0.204. The fourth-order valence-corrected chi connectivity index (χ4v) is 2.74. The molecule has 94 valence electrons. The van der Waals surface area contributed by atoms with Gasteiger partial charge in [0.2, 0.25) is 0 Å². The highest BCUT2D eigenvalue weighted by atomic mass is 15.2. The van der Waals surface area contributed by atoms with Crippen molar-refractivity contribution in [2.45, 2.75) is 51.2 Å². The summed E-state index contributed by atoms with van der Waals surface area (Å²) < 4.78 is 0. The summed E-state index contributed by atoms with van der Waals surface area (Å²) in [5.41, 5.74) is 7.48. The van der Waals surface area contributed by atoms with Gasteiger partial charge in [0.1, 0.15) is 0 Å². The molecule has 1 aromatic rings. The van der Waals surface area contributed by atoms with Gasteiger partial charge in [-0.2, -0.15) is 0 Å². The first kappa shape index (κ1) is 12.5. The molecule has 1 fully saturated rings. The van der Waals surface area contributed by atoms with Crippen molar-refractivity contribution in [1.82, 2.24) is 9.88 Å². The Morgan fingerprint density at radius 3 is 2.82 bits per heavy atom. The van der Waals surface area contributed by atoms with Crippen LogP contribution in [0.4, 0.5) is 0 Å². The first-order chi connectivity index (χ1) is 8.20. The largest absolute Gasteiger partial charge is 0.326 e. The number of pyridine rings is 1. The van der Waals surface area contributed by atoms with Crippen molar-refractivity contribution >= 4 is 0 Å². The molecule has 0 bridgehead atoms. The van der Waals surface area contributed by atoms with E-state index in [0.29, 0.717) is 6.04 Å². The molecule has 0 amide bonds. The highest BCUT2D eigenvalue weighted by molar-refractivity contribution is 5.12. The van der Waals surface area contributed by atoms with Crippen LogP contribution in [0.3, 0.4) is 0 Å². The summed E-state index contributed by atoms with van der Waals surface area (Å²) in [6.45, 7) is 5.62. The number of aromatic nitrogens is 1. The monoisotopic (exact) mass is 233 g/mol. The second-order valence-electron chi connectivity index (χ2n) is 5.19. The lowest BCUT2D eigenvalue weighted by Gasteiger charge is -2.35. The van der Waals surface area contributed by atoms with Crippen LogP contribution in [-0.2, 0) is 0 Å². The molecular weight excluding hydrogens is 210 g/mol. The third-order valence-corrected chi connectivity index (χ3v) is 3.62. The van der Waals surface area contributed by atoms with Gasteiger partial charge in [-0.3, -0.25) is 9.88 Å². The van der Waals surface area contributed by atoms with Gasteiger partial charge in [0.15, 0.2) is 0 Å². The van der Waals surface area contributed by atoms with E-state index in [-0.39, 0.29) is 12.1 Å². The lowest BCUT2D eigenvalue weighted by molar-refractivity contribution is 0.141. The number of hydrogen-bond donors (Lipinski definition) is 1. The van der Waals surface area contributed by atoms with Crippen LogP contribution in [0, 0.1) is 0 Å². The van der Waals surface area contributed by atoms with E-state index in [1.165, 1.54) is 12.8 Å². The maximum atomic E-state index is 6.36. The first-order valence-electron chi connectivity index (χ1n) is 6.62. The van der Waals surface area contributed by atoms with Crippen molar-refractivity contribution < 1.29 is 0 Å². The van der Waals surface area contributed by atoms with Gasteiger partial charge in [0.05, 0.1) is 11.7 Å². The van der Waals surface area contributed by atoms with E-state index in [0.717, 1.165) is 18.7 Å². The third-order valence-electron chi connectivity index (χ3n) is 3.62. The van der Waals surface area contributed by atoms with E-state index in [1.807, 2.05) is 12.3 Å². The van der Waals surface area contributed by atoms with Gasteiger partial charge in [0.25, 0.3) is 0 Å². The molecule has 2 rings (SSSR count). The number of nitrogens with zero attached hydrogens (tertiary/aromatic N) is 2. The van der Waals surface area contributed by atoms with Crippen LogP contribution < -0.4 is 5.73 Å². The second kappa shape index (κ2) is 5.61. The Hall–Kier alpha value is -0.930. The predicted molar refractivity (Wildman–Crippen MR) is 70.6 cm³/mol. The van der Waals surface area contributed by atoms with Crippen molar-refractivity contribution in [1.29, 1.82) is 0 Å².